The van der Waals surface area contributed by atoms with E-state index in [1.165, 1.54) is 16.7 Å². The van der Waals surface area contributed by atoms with Crippen LogP contribution in [0.3, 0.4) is 0 Å². The van der Waals surface area contributed by atoms with Gasteiger partial charge in [0, 0.05) is 0 Å². The number of rotatable bonds is 0. The average molecular weight is 172 g/mol. The van der Waals surface area contributed by atoms with Crippen LogP contribution in [0, 0.1) is 0 Å². The molecule has 54 valence electrons. The van der Waals surface area contributed by atoms with Crippen molar-refractivity contribution in [1.29, 1.82) is 0 Å². The normalized spacial score (nSPS) is 33.0. The third kappa shape index (κ3) is 1.11. The molecule has 0 radical (unpaired) electrons. The average Bonchev–Trinajstić information content (AvgIpc) is 1.95. The van der Waals surface area contributed by atoms with Crippen LogP contribution in [-0.4, -0.2) is 0 Å². The van der Waals surface area contributed by atoms with Crippen LogP contribution in [-0.2, 0) is 17.4 Å². The van der Waals surface area contributed by atoms with Crippen molar-refractivity contribution < 1.29 is 17.4 Å². The van der Waals surface area contributed by atoms with E-state index in [-0.39, 0.29) is 4.13 Å². The van der Waals surface area contributed by atoms with Gasteiger partial charge in [0.2, 0.25) is 0 Å². The van der Waals surface area contributed by atoms with Gasteiger partial charge in [-0.1, -0.05) is 0 Å². The Morgan fingerprint density at radius 2 is 1.80 bits per heavy atom. The van der Waals surface area contributed by atoms with Crippen LogP contribution in [0.2, 0.25) is 4.13 Å². The van der Waals surface area contributed by atoms with Gasteiger partial charge in [-0.3, -0.25) is 0 Å². The second-order valence-corrected chi connectivity index (χ2v) is 4.68. The summed E-state index contributed by atoms with van der Waals surface area (Å²) >= 11 is 2.73. The molecule has 0 aromatic carbocycles. The van der Waals surface area contributed by atoms with Crippen LogP contribution in [0.1, 0.15) is 27.7 Å². The molecule has 0 aromatic rings. The summed E-state index contributed by atoms with van der Waals surface area (Å²) in [5.41, 5.74) is 4.38. The Balaban J connectivity index is 3.12. The van der Waals surface area contributed by atoms with Gasteiger partial charge >= 0.3 is 72.0 Å². The first-order valence-corrected chi connectivity index (χ1v) is 4.25. The monoisotopic (exact) mass is 172 g/mol. The van der Waals surface area contributed by atoms with Crippen LogP contribution in [0.4, 0.5) is 0 Å². The molecule has 0 N–H and O–H groups in total. The van der Waals surface area contributed by atoms with E-state index in [1.54, 1.807) is 0 Å². The van der Waals surface area contributed by atoms with E-state index in [4.69, 9.17) is 0 Å². The first-order valence-electron chi connectivity index (χ1n) is 3.55. The molecule has 1 aliphatic carbocycles. The maximum atomic E-state index is 2.73. The van der Waals surface area contributed by atoms with Gasteiger partial charge in [0.15, 0.2) is 0 Å². The molecule has 0 fully saturated rings. The molecule has 0 aromatic heterocycles. The van der Waals surface area contributed by atoms with E-state index >= 15 is 0 Å². The topological polar surface area (TPSA) is 0 Å². The molecule has 1 heteroatoms. The van der Waals surface area contributed by atoms with Gasteiger partial charge in [-0.2, -0.15) is 0 Å². The van der Waals surface area contributed by atoms with Crippen molar-refractivity contribution in [3.05, 3.63) is 22.8 Å². The number of allylic oxidation sites excluding steroid dienone is 4. The number of hydrogen-bond donors (Lipinski definition) is 0. The third-order valence-electron chi connectivity index (χ3n) is 2.41. The van der Waals surface area contributed by atoms with Crippen LogP contribution in [0.25, 0.3) is 0 Å². The molecule has 0 bridgehead atoms. The Labute approximate surface area is 72.4 Å². The Hall–Kier alpha value is 0.0644. The SMILES string of the molecule is CC1=C[C](C)([V])C(C)=C1C. The Morgan fingerprint density at radius 1 is 1.30 bits per heavy atom. The zero-order valence-corrected chi connectivity index (χ0v) is 8.42. The van der Waals surface area contributed by atoms with Gasteiger partial charge in [0.1, 0.15) is 0 Å². The van der Waals surface area contributed by atoms with E-state index in [1.807, 2.05) is 0 Å². The molecule has 1 aliphatic rings. The Bertz CT molecular complexity index is 219. The predicted molar refractivity (Wildman–Crippen MR) is 40.5 cm³/mol. The fraction of sp³-hybridized carbons (Fsp3) is 0.556. The quantitative estimate of drug-likeness (QED) is 0.526. The van der Waals surface area contributed by atoms with E-state index in [0.29, 0.717) is 0 Å². The molecule has 0 aliphatic heterocycles. The zero-order valence-electron chi connectivity index (χ0n) is 7.02. The van der Waals surface area contributed by atoms with E-state index < -0.39 is 0 Å². The van der Waals surface area contributed by atoms with Crippen molar-refractivity contribution in [1.82, 2.24) is 0 Å². The van der Waals surface area contributed by atoms with Gasteiger partial charge in [-0.05, 0) is 0 Å². The van der Waals surface area contributed by atoms with Crippen molar-refractivity contribution in [2.45, 2.75) is 31.8 Å². The van der Waals surface area contributed by atoms with Gasteiger partial charge in [0.05, 0.1) is 0 Å². The molecule has 1 atom stereocenters. The summed E-state index contributed by atoms with van der Waals surface area (Å²) in [4.78, 5) is 0. The molecular formula is C9H13V. The van der Waals surface area contributed by atoms with Crippen LogP contribution < -0.4 is 0 Å². The molecular weight excluding hydrogens is 159 g/mol. The zero-order chi connectivity index (χ0) is 7.94. The first kappa shape index (κ1) is 8.16. The molecule has 0 spiro atoms. The second-order valence-electron chi connectivity index (χ2n) is 3.22. The molecule has 1 unspecified atom stereocenters. The van der Waals surface area contributed by atoms with Crippen molar-refractivity contribution in [3.63, 3.8) is 0 Å². The van der Waals surface area contributed by atoms with Crippen LogP contribution >= 0.6 is 0 Å². The Morgan fingerprint density at radius 3 is 1.90 bits per heavy atom. The van der Waals surface area contributed by atoms with E-state index in [9.17, 15) is 0 Å². The summed E-state index contributed by atoms with van der Waals surface area (Å²) in [6, 6.07) is 0. The van der Waals surface area contributed by atoms with Gasteiger partial charge < -0.3 is 0 Å². The fourth-order valence-electron chi connectivity index (χ4n) is 1.31. The first-order chi connectivity index (χ1) is 4.45. The third-order valence-corrected chi connectivity index (χ3v) is 3.14. The number of hydrogen-bond acceptors (Lipinski definition) is 0. The minimum atomic E-state index is 0.251. The standard InChI is InChI=1S/C9H13.V/c1-6-5-7(2)9(4)8(6)3;/h5H,1-4H3;. The fourth-order valence-corrected chi connectivity index (χ4v) is 1.88. The van der Waals surface area contributed by atoms with E-state index in [0.717, 1.165) is 0 Å². The van der Waals surface area contributed by atoms with Crippen molar-refractivity contribution >= 4 is 0 Å². The van der Waals surface area contributed by atoms with Gasteiger partial charge in [0.25, 0.3) is 0 Å². The van der Waals surface area contributed by atoms with Crippen molar-refractivity contribution in [3.8, 4) is 0 Å². The predicted octanol–water partition coefficient (Wildman–Crippen LogP) is 3.01. The molecule has 0 amide bonds. The van der Waals surface area contributed by atoms with E-state index in [2.05, 4.69) is 51.2 Å². The van der Waals surface area contributed by atoms with Gasteiger partial charge in [-0.15, -0.1) is 0 Å². The summed E-state index contributed by atoms with van der Waals surface area (Å²) in [6.07, 6.45) is 2.32. The summed E-state index contributed by atoms with van der Waals surface area (Å²) in [7, 11) is 0. The second kappa shape index (κ2) is 2.28. The minimum absolute atomic E-state index is 0.251. The van der Waals surface area contributed by atoms with Crippen molar-refractivity contribution in [2.24, 2.45) is 0 Å². The molecule has 0 saturated heterocycles. The van der Waals surface area contributed by atoms with Crippen LogP contribution in [0.5, 0.6) is 0 Å². The molecule has 1 rings (SSSR count). The maximum absolute atomic E-state index is 2.73. The molecule has 10 heavy (non-hydrogen) atoms. The van der Waals surface area contributed by atoms with Crippen molar-refractivity contribution in [2.75, 3.05) is 0 Å². The van der Waals surface area contributed by atoms with Crippen LogP contribution in [0.15, 0.2) is 22.8 Å². The summed E-state index contributed by atoms with van der Waals surface area (Å²) in [5.74, 6) is 0. The summed E-state index contributed by atoms with van der Waals surface area (Å²) in [5, 5.41) is 0. The van der Waals surface area contributed by atoms with Gasteiger partial charge in [-0.25, -0.2) is 0 Å². The Kier molecular flexibility index (Phi) is 1.86. The molecule has 0 saturated carbocycles. The molecule has 0 heterocycles. The summed E-state index contributed by atoms with van der Waals surface area (Å²) < 4.78 is 0.251. The summed E-state index contributed by atoms with van der Waals surface area (Å²) in [6.45, 7) is 8.82. The molecule has 0 nitrogen and oxygen atoms in total.